The molecule has 0 spiro atoms. The van der Waals surface area contributed by atoms with Gasteiger partial charge in [-0.25, -0.2) is 0 Å². The van der Waals surface area contributed by atoms with E-state index in [4.69, 9.17) is 18.0 Å². The molecule has 2 nitrogen and oxygen atoms in total. The molecule has 1 unspecified atom stereocenters. The molecule has 0 bridgehead atoms. The molecule has 0 amide bonds. The zero-order valence-corrected chi connectivity index (χ0v) is 9.49. The predicted octanol–water partition coefficient (Wildman–Crippen LogP) is 2.03. The monoisotopic (exact) mass is 214 g/mol. The molecular weight excluding hydrogens is 200 g/mol. The van der Waals surface area contributed by atoms with Crippen molar-refractivity contribution in [2.24, 2.45) is 5.73 Å². The van der Waals surface area contributed by atoms with Gasteiger partial charge in [0.2, 0.25) is 0 Å². The second-order valence-corrected chi connectivity index (χ2v) is 4.58. The van der Waals surface area contributed by atoms with E-state index in [1.807, 2.05) is 7.05 Å². The highest BCUT2D eigenvalue weighted by Gasteiger charge is 2.12. The van der Waals surface area contributed by atoms with Gasteiger partial charge in [0.1, 0.15) is 0 Å². The minimum Gasteiger partial charge on any atom is -0.392 e. The summed E-state index contributed by atoms with van der Waals surface area (Å²) in [4.78, 5) is 4.04. The van der Waals surface area contributed by atoms with Crippen molar-refractivity contribution in [3.8, 4) is 0 Å². The van der Waals surface area contributed by atoms with Gasteiger partial charge in [-0.15, -0.1) is 11.3 Å². The number of nitrogens with zero attached hydrogens (tertiary/aromatic N) is 1. The molecule has 0 saturated carbocycles. The van der Waals surface area contributed by atoms with E-state index in [0.29, 0.717) is 17.6 Å². The Labute approximate surface area is 88.4 Å². The third kappa shape index (κ3) is 3.06. The van der Waals surface area contributed by atoms with Crippen LogP contribution in [0, 0.1) is 0 Å². The van der Waals surface area contributed by atoms with E-state index in [-0.39, 0.29) is 0 Å². The first-order valence-electron chi connectivity index (χ1n) is 4.13. The molecular formula is C9H14N2S2. The SMILES string of the molecule is CC(c1cccs1)N(C)CC(N)=S. The van der Waals surface area contributed by atoms with E-state index < -0.39 is 0 Å². The van der Waals surface area contributed by atoms with Crippen LogP contribution in [0.5, 0.6) is 0 Å². The Hall–Kier alpha value is -0.450. The minimum atomic E-state index is 0.390. The third-order valence-electron chi connectivity index (χ3n) is 2.02. The lowest BCUT2D eigenvalue weighted by atomic mass is 10.2. The zero-order chi connectivity index (χ0) is 9.84. The maximum Gasteiger partial charge on any atom is 0.0870 e. The Bertz CT molecular complexity index is 269. The van der Waals surface area contributed by atoms with Gasteiger partial charge < -0.3 is 5.73 Å². The van der Waals surface area contributed by atoms with Gasteiger partial charge in [0.15, 0.2) is 0 Å². The van der Waals surface area contributed by atoms with Gasteiger partial charge in [0.05, 0.1) is 4.99 Å². The quantitative estimate of drug-likeness (QED) is 0.778. The smallest absolute Gasteiger partial charge is 0.0870 e. The van der Waals surface area contributed by atoms with Crippen molar-refractivity contribution < 1.29 is 0 Å². The van der Waals surface area contributed by atoms with Crippen molar-refractivity contribution >= 4 is 28.5 Å². The molecule has 1 atom stereocenters. The summed E-state index contributed by atoms with van der Waals surface area (Å²) >= 11 is 6.62. The molecule has 1 aromatic rings. The minimum absolute atomic E-state index is 0.390. The van der Waals surface area contributed by atoms with E-state index in [9.17, 15) is 0 Å². The number of thiocarbonyl (C=S) groups is 1. The summed E-state index contributed by atoms with van der Waals surface area (Å²) in [5.74, 6) is 0. The Kier molecular flexibility index (Phi) is 3.84. The Morgan fingerprint density at radius 1 is 1.77 bits per heavy atom. The molecule has 2 N–H and O–H groups in total. The topological polar surface area (TPSA) is 29.3 Å². The number of thiophene rings is 1. The van der Waals surface area contributed by atoms with Crippen LogP contribution in [0.2, 0.25) is 0 Å². The lowest BCUT2D eigenvalue weighted by Gasteiger charge is -2.22. The fraction of sp³-hybridized carbons (Fsp3) is 0.444. The van der Waals surface area contributed by atoms with Crippen molar-refractivity contribution in [2.75, 3.05) is 13.6 Å². The number of hydrogen-bond donors (Lipinski definition) is 1. The average molecular weight is 214 g/mol. The maximum atomic E-state index is 5.48. The molecule has 0 saturated heterocycles. The van der Waals surface area contributed by atoms with Crippen molar-refractivity contribution in [1.29, 1.82) is 0 Å². The standard InChI is InChI=1S/C9H14N2S2/c1-7(8-4-3-5-13-8)11(2)6-9(10)12/h3-5,7H,6H2,1-2H3,(H2,10,12). The van der Waals surface area contributed by atoms with Gasteiger partial charge in [-0.05, 0) is 25.4 Å². The maximum absolute atomic E-state index is 5.48. The van der Waals surface area contributed by atoms with Gasteiger partial charge in [0.25, 0.3) is 0 Å². The molecule has 1 aromatic heterocycles. The van der Waals surface area contributed by atoms with Crippen LogP contribution in [0.25, 0.3) is 0 Å². The first-order valence-corrected chi connectivity index (χ1v) is 5.42. The van der Waals surface area contributed by atoms with Gasteiger partial charge in [-0.1, -0.05) is 18.3 Å². The second kappa shape index (κ2) is 4.69. The average Bonchev–Trinajstić information content (AvgIpc) is 2.53. The highest BCUT2D eigenvalue weighted by Crippen LogP contribution is 2.22. The van der Waals surface area contributed by atoms with Gasteiger partial charge in [-0.2, -0.15) is 0 Å². The molecule has 4 heteroatoms. The zero-order valence-electron chi connectivity index (χ0n) is 7.86. The Balaban J connectivity index is 2.57. The fourth-order valence-electron chi connectivity index (χ4n) is 1.13. The van der Waals surface area contributed by atoms with Crippen LogP contribution in [-0.4, -0.2) is 23.5 Å². The van der Waals surface area contributed by atoms with E-state index in [1.165, 1.54) is 4.88 Å². The first-order chi connectivity index (χ1) is 6.11. The number of likely N-dealkylation sites (N-methyl/N-ethyl adjacent to an activating group) is 1. The van der Waals surface area contributed by atoms with Crippen LogP contribution in [-0.2, 0) is 0 Å². The summed E-state index contributed by atoms with van der Waals surface area (Å²) in [6, 6.07) is 4.58. The van der Waals surface area contributed by atoms with Crippen LogP contribution in [0.3, 0.4) is 0 Å². The molecule has 13 heavy (non-hydrogen) atoms. The van der Waals surface area contributed by atoms with Gasteiger partial charge in [-0.3, -0.25) is 4.90 Å². The molecule has 72 valence electrons. The molecule has 1 rings (SSSR count). The van der Waals surface area contributed by atoms with Crippen LogP contribution in [0.1, 0.15) is 17.8 Å². The molecule has 1 heterocycles. The summed E-state index contributed by atoms with van der Waals surface area (Å²) in [5.41, 5.74) is 5.48. The lowest BCUT2D eigenvalue weighted by Crippen LogP contribution is -2.31. The summed E-state index contributed by atoms with van der Waals surface area (Å²) < 4.78 is 0. The predicted molar refractivity (Wildman–Crippen MR) is 62.1 cm³/mol. The summed E-state index contributed by atoms with van der Waals surface area (Å²) in [7, 11) is 2.03. The third-order valence-corrected chi connectivity index (χ3v) is 3.19. The van der Waals surface area contributed by atoms with Crippen molar-refractivity contribution in [3.05, 3.63) is 22.4 Å². The number of rotatable bonds is 4. The van der Waals surface area contributed by atoms with Crippen molar-refractivity contribution in [3.63, 3.8) is 0 Å². The van der Waals surface area contributed by atoms with Crippen molar-refractivity contribution in [1.82, 2.24) is 4.90 Å². The van der Waals surface area contributed by atoms with Gasteiger partial charge >= 0.3 is 0 Å². The van der Waals surface area contributed by atoms with E-state index in [2.05, 4.69) is 29.3 Å². The second-order valence-electron chi connectivity index (χ2n) is 3.07. The van der Waals surface area contributed by atoms with E-state index in [0.717, 1.165) is 0 Å². The molecule has 0 aliphatic rings. The van der Waals surface area contributed by atoms with Crippen LogP contribution >= 0.6 is 23.6 Å². The van der Waals surface area contributed by atoms with Crippen LogP contribution < -0.4 is 5.73 Å². The summed E-state index contributed by atoms with van der Waals surface area (Å²) in [6.07, 6.45) is 0. The van der Waals surface area contributed by atoms with Crippen LogP contribution in [0.15, 0.2) is 17.5 Å². The highest BCUT2D eigenvalue weighted by atomic mass is 32.1. The first kappa shape index (κ1) is 10.6. The molecule has 0 fully saturated rings. The largest absolute Gasteiger partial charge is 0.392 e. The van der Waals surface area contributed by atoms with Gasteiger partial charge in [0, 0.05) is 17.5 Å². The molecule has 0 aliphatic carbocycles. The molecule has 0 aromatic carbocycles. The summed E-state index contributed by atoms with van der Waals surface area (Å²) in [5, 5.41) is 2.08. The molecule has 0 radical (unpaired) electrons. The molecule has 0 aliphatic heterocycles. The van der Waals surface area contributed by atoms with E-state index in [1.54, 1.807) is 11.3 Å². The normalized spacial score (nSPS) is 13.2. The Morgan fingerprint density at radius 3 is 2.92 bits per heavy atom. The van der Waals surface area contributed by atoms with Crippen LogP contribution in [0.4, 0.5) is 0 Å². The lowest BCUT2D eigenvalue weighted by molar-refractivity contribution is 0.303. The van der Waals surface area contributed by atoms with E-state index >= 15 is 0 Å². The number of hydrogen-bond acceptors (Lipinski definition) is 3. The number of nitrogens with two attached hydrogens (primary N) is 1. The summed E-state index contributed by atoms with van der Waals surface area (Å²) in [6.45, 7) is 2.83. The van der Waals surface area contributed by atoms with Crippen molar-refractivity contribution in [2.45, 2.75) is 13.0 Å². The highest BCUT2D eigenvalue weighted by molar-refractivity contribution is 7.80. The fourth-order valence-corrected chi connectivity index (χ4v) is 2.18. The Morgan fingerprint density at radius 2 is 2.46 bits per heavy atom.